The van der Waals surface area contributed by atoms with Gasteiger partial charge in [-0.1, -0.05) is 0 Å². The third-order valence-electron chi connectivity index (χ3n) is 3.90. The minimum absolute atomic E-state index is 0.194. The molecule has 130 valence electrons. The van der Waals surface area contributed by atoms with Crippen molar-refractivity contribution in [2.45, 2.75) is 55.1 Å². The average Bonchev–Trinajstić information content (AvgIpc) is 2.52. The Morgan fingerprint density at radius 2 is 1.45 bits per heavy atom. The summed E-state index contributed by atoms with van der Waals surface area (Å²) in [6, 6.07) is 0. The number of hydrogen-bond acceptors (Lipinski definition) is 10. The molecule has 9 atom stereocenters. The van der Waals surface area contributed by atoms with Crippen molar-refractivity contribution in [1.29, 1.82) is 0 Å². The summed E-state index contributed by atoms with van der Waals surface area (Å²) in [4.78, 5) is 0. The Bertz CT molecular complexity index is 351. The van der Waals surface area contributed by atoms with Crippen LogP contribution in [0.5, 0.6) is 0 Å². The maximum absolute atomic E-state index is 9.93. The van der Waals surface area contributed by atoms with Gasteiger partial charge in [0, 0.05) is 0 Å². The van der Waals surface area contributed by atoms with E-state index in [2.05, 4.69) is 0 Å². The molecule has 2 heterocycles. The van der Waals surface area contributed by atoms with Crippen LogP contribution in [0.4, 0.5) is 0 Å². The van der Waals surface area contributed by atoms with E-state index in [1.165, 1.54) is 0 Å². The lowest BCUT2D eigenvalue weighted by molar-refractivity contribution is -0.336. The van der Waals surface area contributed by atoms with E-state index < -0.39 is 68.3 Å². The van der Waals surface area contributed by atoms with Crippen molar-refractivity contribution < 1.29 is 50.0 Å². The fraction of sp³-hybridized carbons (Fsp3) is 1.00. The Morgan fingerprint density at radius 3 is 2.05 bits per heavy atom. The third kappa shape index (κ3) is 3.41. The summed E-state index contributed by atoms with van der Waals surface area (Å²) >= 11 is 0. The molecule has 10 heteroatoms. The number of rotatable bonds is 4. The van der Waals surface area contributed by atoms with Gasteiger partial charge in [0.2, 0.25) is 0 Å². The summed E-state index contributed by atoms with van der Waals surface area (Å²) in [5, 5.41) is 67.0. The maximum Gasteiger partial charge on any atom is 0.187 e. The van der Waals surface area contributed by atoms with E-state index in [-0.39, 0.29) is 6.61 Å². The number of aliphatic hydroxyl groups is 7. The number of aliphatic hydroxyl groups excluding tert-OH is 7. The Balaban J connectivity index is 2.09. The molecule has 2 aliphatic heterocycles. The van der Waals surface area contributed by atoms with Gasteiger partial charge in [-0.3, -0.25) is 0 Å². The van der Waals surface area contributed by atoms with E-state index in [0.29, 0.717) is 0 Å². The summed E-state index contributed by atoms with van der Waals surface area (Å²) < 4.78 is 15.6. The van der Waals surface area contributed by atoms with Crippen LogP contribution in [0.3, 0.4) is 0 Å². The standard InChI is InChI=1S/C12H22O10/c13-1-5-8(17)9(18)10(19)12(21-5)22-11-6(2-14)20-3-4(15)7(11)16/h4-19H,1-3H2/t4-,5+,6+,7+,8+,9-,10+,11+,12-/m0/s1. The number of hydrogen-bond donors (Lipinski definition) is 7. The molecule has 2 saturated heterocycles. The Morgan fingerprint density at radius 1 is 0.818 bits per heavy atom. The van der Waals surface area contributed by atoms with Gasteiger partial charge in [0.1, 0.15) is 48.8 Å². The van der Waals surface area contributed by atoms with Crippen molar-refractivity contribution in [2.24, 2.45) is 0 Å². The lowest BCUT2D eigenvalue weighted by Gasteiger charge is -2.44. The van der Waals surface area contributed by atoms with E-state index in [0.717, 1.165) is 0 Å². The van der Waals surface area contributed by atoms with Crippen LogP contribution in [-0.4, -0.2) is 111 Å². The molecule has 2 fully saturated rings. The van der Waals surface area contributed by atoms with Gasteiger partial charge < -0.3 is 50.0 Å². The highest BCUT2D eigenvalue weighted by atomic mass is 16.7. The monoisotopic (exact) mass is 326 g/mol. The van der Waals surface area contributed by atoms with Crippen molar-refractivity contribution in [2.75, 3.05) is 19.8 Å². The molecule has 2 aliphatic rings. The predicted molar refractivity (Wildman–Crippen MR) is 67.5 cm³/mol. The van der Waals surface area contributed by atoms with Crippen LogP contribution in [-0.2, 0) is 14.2 Å². The van der Waals surface area contributed by atoms with Crippen LogP contribution >= 0.6 is 0 Å². The van der Waals surface area contributed by atoms with Crippen LogP contribution in [0.15, 0.2) is 0 Å². The van der Waals surface area contributed by atoms with Gasteiger partial charge in [-0.15, -0.1) is 0 Å². The first-order valence-electron chi connectivity index (χ1n) is 6.95. The highest BCUT2D eigenvalue weighted by Gasteiger charge is 2.48. The normalized spacial score (nSPS) is 50.0. The smallest absolute Gasteiger partial charge is 0.187 e. The third-order valence-corrected chi connectivity index (χ3v) is 3.90. The topological polar surface area (TPSA) is 169 Å². The van der Waals surface area contributed by atoms with E-state index >= 15 is 0 Å². The zero-order valence-corrected chi connectivity index (χ0v) is 11.7. The second-order valence-electron chi connectivity index (χ2n) is 5.41. The van der Waals surface area contributed by atoms with Crippen molar-refractivity contribution in [3.63, 3.8) is 0 Å². The van der Waals surface area contributed by atoms with Gasteiger partial charge in [-0.05, 0) is 0 Å². The number of ether oxygens (including phenoxy) is 3. The molecule has 0 aromatic heterocycles. The SMILES string of the molecule is OC[C@H]1O[C@@H](O[C@H]2[C@H](O)[C@@H](O)CO[C@@H]2CO)[C@H](O)[C@@H](O)[C@@H]1O. The van der Waals surface area contributed by atoms with Crippen molar-refractivity contribution in [3.05, 3.63) is 0 Å². The minimum Gasteiger partial charge on any atom is -0.394 e. The molecule has 7 N–H and O–H groups in total. The van der Waals surface area contributed by atoms with E-state index in [9.17, 15) is 30.6 Å². The maximum atomic E-state index is 9.93. The Labute approximate surface area is 126 Å². The summed E-state index contributed by atoms with van der Waals surface area (Å²) in [7, 11) is 0. The second-order valence-corrected chi connectivity index (χ2v) is 5.41. The summed E-state index contributed by atoms with van der Waals surface area (Å²) in [5.74, 6) is 0. The van der Waals surface area contributed by atoms with Gasteiger partial charge in [0.05, 0.1) is 19.8 Å². The van der Waals surface area contributed by atoms with Gasteiger partial charge in [0.25, 0.3) is 0 Å². The summed E-state index contributed by atoms with van der Waals surface area (Å²) in [5.41, 5.74) is 0. The predicted octanol–water partition coefficient (Wildman–Crippen LogP) is -4.72. The van der Waals surface area contributed by atoms with E-state index in [1.807, 2.05) is 0 Å². The molecule has 0 saturated carbocycles. The molecule has 0 aromatic rings. The quantitative estimate of drug-likeness (QED) is 0.266. The highest BCUT2D eigenvalue weighted by molar-refractivity contribution is 4.92. The van der Waals surface area contributed by atoms with Crippen molar-refractivity contribution in [3.8, 4) is 0 Å². The molecule has 0 bridgehead atoms. The Hall–Kier alpha value is -0.400. The first-order valence-corrected chi connectivity index (χ1v) is 6.95. The molecule has 2 rings (SSSR count). The zero-order chi connectivity index (χ0) is 16.4. The lowest BCUT2D eigenvalue weighted by Crippen LogP contribution is -2.63. The fourth-order valence-electron chi connectivity index (χ4n) is 2.51. The molecule has 10 nitrogen and oxygen atoms in total. The first-order chi connectivity index (χ1) is 10.4. The van der Waals surface area contributed by atoms with E-state index in [1.54, 1.807) is 0 Å². The molecule has 0 aliphatic carbocycles. The molecule has 0 unspecified atom stereocenters. The second kappa shape index (κ2) is 7.45. The molecule has 22 heavy (non-hydrogen) atoms. The molecular weight excluding hydrogens is 304 g/mol. The van der Waals surface area contributed by atoms with Crippen LogP contribution in [0.25, 0.3) is 0 Å². The van der Waals surface area contributed by atoms with Crippen LogP contribution in [0, 0.1) is 0 Å². The fourth-order valence-corrected chi connectivity index (χ4v) is 2.51. The Kier molecular flexibility index (Phi) is 6.07. The molecule has 0 radical (unpaired) electrons. The lowest BCUT2D eigenvalue weighted by atomic mass is 9.97. The van der Waals surface area contributed by atoms with Crippen molar-refractivity contribution >= 4 is 0 Å². The van der Waals surface area contributed by atoms with Crippen LogP contribution < -0.4 is 0 Å². The summed E-state index contributed by atoms with van der Waals surface area (Å²) in [6.45, 7) is -1.33. The largest absolute Gasteiger partial charge is 0.394 e. The molecule has 0 spiro atoms. The summed E-state index contributed by atoms with van der Waals surface area (Å²) in [6.07, 6.45) is -12.3. The van der Waals surface area contributed by atoms with Gasteiger partial charge >= 0.3 is 0 Å². The average molecular weight is 326 g/mol. The zero-order valence-electron chi connectivity index (χ0n) is 11.7. The van der Waals surface area contributed by atoms with Crippen LogP contribution in [0.2, 0.25) is 0 Å². The van der Waals surface area contributed by atoms with Crippen molar-refractivity contribution in [1.82, 2.24) is 0 Å². The molecule has 0 amide bonds. The van der Waals surface area contributed by atoms with Gasteiger partial charge in [0.15, 0.2) is 6.29 Å². The molecular formula is C12H22O10. The van der Waals surface area contributed by atoms with Gasteiger partial charge in [-0.25, -0.2) is 0 Å². The van der Waals surface area contributed by atoms with E-state index in [4.69, 9.17) is 19.3 Å². The van der Waals surface area contributed by atoms with Crippen LogP contribution in [0.1, 0.15) is 0 Å². The minimum atomic E-state index is -1.65. The first kappa shape index (κ1) is 17.9. The molecule has 0 aromatic carbocycles. The highest BCUT2D eigenvalue weighted by Crippen LogP contribution is 2.27. The van der Waals surface area contributed by atoms with Gasteiger partial charge in [-0.2, -0.15) is 0 Å².